The first-order chi connectivity index (χ1) is 9.17. The molecule has 1 aromatic rings. The van der Waals surface area contributed by atoms with Crippen LogP contribution in [-0.4, -0.2) is 42.2 Å². The highest BCUT2D eigenvalue weighted by atomic mass is 16.5. The molecule has 0 aliphatic carbocycles. The van der Waals surface area contributed by atoms with E-state index in [4.69, 9.17) is 9.84 Å². The van der Waals surface area contributed by atoms with E-state index in [-0.39, 0.29) is 6.42 Å². The zero-order valence-electron chi connectivity index (χ0n) is 11.8. The normalized spacial score (nSPS) is 10.7. The molecule has 4 nitrogen and oxygen atoms in total. The van der Waals surface area contributed by atoms with E-state index in [1.165, 1.54) is 0 Å². The lowest BCUT2D eigenvalue weighted by Gasteiger charge is -2.18. The lowest BCUT2D eigenvalue weighted by atomic mass is 10.1. The van der Waals surface area contributed by atoms with E-state index in [0.717, 1.165) is 31.6 Å². The molecule has 0 radical (unpaired) electrons. The molecule has 0 amide bonds. The zero-order valence-corrected chi connectivity index (χ0v) is 11.8. The summed E-state index contributed by atoms with van der Waals surface area (Å²) in [6.07, 6.45) is 0.954. The molecule has 0 aliphatic rings. The van der Waals surface area contributed by atoms with Crippen LogP contribution in [0.1, 0.15) is 25.8 Å². The number of rotatable bonds is 9. The van der Waals surface area contributed by atoms with Gasteiger partial charge in [0.25, 0.3) is 0 Å². The van der Waals surface area contributed by atoms with Crippen LogP contribution in [0.4, 0.5) is 0 Å². The highest BCUT2D eigenvalue weighted by Crippen LogP contribution is 2.18. The van der Waals surface area contributed by atoms with E-state index in [2.05, 4.69) is 18.7 Å². The molecule has 0 atom stereocenters. The first-order valence-electron chi connectivity index (χ1n) is 6.82. The fourth-order valence-corrected chi connectivity index (χ4v) is 1.96. The van der Waals surface area contributed by atoms with Gasteiger partial charge < -0.3 is 14.7 Å². The molecular weight excluding hydrogens is 242 g/mol. The molecule has 1 aromatic carbocycles. The minimum atomic E-state index is -0.834. The van der Waals surface area contributed by atoms with Crippen LogP contribution in [-0.2, 0) is 11.2 Å². The predicted molar refractivity (Wildman–Crippen MR) is 75.7 cm³/mol. The van der Waals surface area contributed by atoms with Crippen molar-refractivity contribution in [3.8, 4) is 5.75 Å². The van der Waals surface area contributed by atoms with Gasteiger partial charge >= 0.3 is 5.97 Å². The van der Waals surface area contributed by atoms with Crippen LogP contribution in [0.5, 0.6) is 5.75 Å². The van der Waals surface area contributed by atoms with Gasteiger partial charge in [-0.05, 0) is 25.6 Å². The first-order valence-corrected chi connectivity index (χ1v) is 6.82. The highest BCUT2D eigenvalue weighted by Gasteiger charge is 2.07. The van der Waals surface area contributed by atoms with Crippen molar-refractivity contribution in [2.24, 2.45) is 0 Å². The smallest absolute Gasteiger partial charge is 0.307 e. The monoisotopic (exact) mass is 265 g/mol. The summed E-state index contributed by atoms with van der Waals surface area (Å²) in [5, 5.41) is 8.84. The summed E-state index contributed by atoms with van der Waals surface area (Å²) in [5.41, 5.74) is 0.734. The second-order valence-electron chi connectivity index (χ2n) is 4.41. The van der Waals surface area contributed by atoms with E-state index >= 15 is 0 Å². The number of aliphatic carboxylic acids is 1. The molecule has 0 aliphatic heterocycles. The molecule has 0 fully saturated rings. The Morgan fingerprint density at radius 2 is 1.95 bits per heavy atom. The minimum Gasteiger partial charge on any atom is -0.493 e. The number of carbonyl (C=O) groups is 1. The maximum absolute atomic E-state index is 10.8. The summed E-state index contributed by atoms with van der Waals surface area (Å²) < 4.78 is 5.69. The molecule has 106 valence electrons. The molecule has 0 aromatic heterocycles. The van der Waals surface area contributed by atoms with Crippen LogP contribution in [0.3, 0.4) is 0 Å². The van der Waals surface area contributed by atoms with Crippen LogP contribution < -0.4 is 4.74 Å². The molecule has 0 unspecified atom stereocenters. The largest absolute Gasteiger partial charge is 0.493 e. The number of hydrogen-bond donors (Lipinski definition) is 1. The van der Waals surface area contributed by atoms with Gasteiger partial charge in [0.15, 0.2) is 0 Å². The standard InChI is InChI=1S/C15H23NO3/c1-3-16(4-2)10-7-11-19-14-9-6-5-8-13(14)12-15(17)18/h5-6,8-9H,3-4,7,10-12H2,1-2H3,(H,17,18). The Labute approximate surface area is 115 Å². The molecule has 1 rings (SSSR count). The highest BCUT2D eigenvalue weighted by molar-refractivity contribution is 5.71. The Balaban J connectivity index is 2.42. The van der Waals surface area contributed by atoms with Crippen LogP contribution >= 0.6 is 0 Å². The molecule has 19 heavy (non-hydrogen) atoms. The molecule has 0 heterocycles. The lowest BCUT2D eigenvalue weighted by molar-refractivity contribution is -0.136. The van der Waals surface area contributed by atoms with Crippen molar-refractivity contribution in [2.45, 2.75) is 26.7 Å². The average Bonchev–Trinajstić information content (AvgIpc) is 2.40. The van der Waals surface area contributed by atoms with E-state index < -0.39 is 5.97 Å². The molecular formula is C15H23NO3. The van der Waals surface area contributed by atoms with Gasteiger partial charge in [0.05, 0.1) is 13.0 Å². The van der Waals surface area contributed by atoms with Crippen molar-refractivity contribution in [2.75, 3.05) is 26.2 Å². The fourth-order valence-electron chi connectivity index (χ4n) is 1.96. The SMILES string of the molecule is CCN(CC)CCCOc1ccccc1CC(=O)O. The van der Waals surface area contributed by atoms with Gasteiger partial charge in [-0.3, -0.25) is 4.79 Å². The van der Waals surface area contributed by atoms with Crippen molar-refractivity contribution >= 4 is 5.97 Å². The van der Waals surface area contributed by atoms with Crippen molar-refractivity contribution in [3.05, 3.63) is 29.8 Å². The maximum Gasteiger partial charge on any atom is 0.307 e. The third-order valence-corrected chi connectivity index (χ3v) is 3.08. The van der Waals surface area contributed by atoms with E-state index in [1.807, 2.05) is 18.2 Å². The number of hydrogen-bond acceptors (Lipinski definition) is 3. The van der Waals surface area contributed by atoms with E-state index in [0.29, 0.717) is 12.4 Å². The first kappa shape index (κ1) is 15.5. The topological polar surface area (TPSA) is 49.8 Å². The summed E-state index contributed by atoms with van der Waals surface area (Å²) >= 11 is 0. The summed E-state index contributed by atoms with van der Waals surface area (Å²) in [7, 11) is 0. The van der Waals surface area contributed by atoms with Gasteiger partial charge in [0.2, 0.25) is 0 Å². The van der Waals surface area contributed by atoms with Crippen LogP contribution in [0, 0.1) is 0 Å². The number of carboxylic acids is 1. The van der Waals surface area contributed by atoms with Gasteiger partial charge in [-0.1, -0.05) is 32.0 Å². The molecule has 0 bridgehead atoms. The minimum absolute atomic E-state index is 0.00617. The van der Waals surface area contributed by atoms with Crippen molar-refractivity contribution in [1.29, 1.82) is 0 Å². The predicted octanol–water partition coefficient (Wildman–Crippen LogP) is 2.42. The molecule has 1 N–H and O–H groups in total. The van der Waals surface area contributed by atoms with Crippen LogP contribution in [0.2, 0.25) is 0 Å². The fraction of sp³-hybridized carbons (Fsp3) is 0.533. The molecule has 0 saturated heterocycles. The lowest BCUT2D eigenvalue weighted by Crippen LogP contribution is -2.25. The van der Waals surface area contributed by atoms with Crippen LogP contribution in [0.15, 0.2) is 24.3 Å². The Morgan fingerprint density at radius 1 is 1.26 bits per heavy atom. The van der Waals surface area contributed by atoms with E-state index in [1.54, 1.807) is 6.07 Å². The van der Waals surface area contributed by atoms with Gasteiger partial charge in [-0.15, -0.1) is 0 Å². The molecule has 0 saturated carbocycles. The molecule has 4 heteroatoms. The maximum atomic E-state index is 10.8. The Morgan fingerprint density at radius 3 is 2.58 bits per heavy atom. The Bertz CT molecular complexity index is 389. The van der Waals surface area contributed by atoms with Gasteiger partial charge in [-0.25, -0.2) is 0 Å². The van der Waals surface area contributed by atoms with Gasteiger partial charge in [0.1, 0.15) is 5.75 Å². The van der Waals surface area contributed by atoms with Crippen molar-refractivity contribution < 1.29 is 14.6 Å². The second kappa shape index (κ2) is 8.53. The number of benzene rings is 1. The Kier molecular flexibility index (Phi) is 6.97. The van der Waals surface area contributed by atoms with Crippen molar-refractivity contribution in [3.63, 3.8) is 0 Å². The Hall–Kier alpha value is -1.55. The van der Waals surface area contributed by atoms with Crippen LogP contribution in [0.25, 0.3) is 0 Å². The zero-order chi connectivity index (χ0) is 14.1. The van der Waals surface area contributed by atoms with Crippen molar-refractivity contribution in [1.82, 2.24) is 4.90 Å². The summed E-state index contributed by atoms with van der Waals surface area (Å²) in [6, 6.07) is 7.33. The second-order valence-corrected chi connectivity index (χ2v) is 4.41. The third-order valence-electron chi connectivity index (χ3n) is 3.08. The summed E-state index contributed by atoms with van der Waals surface area (Å²) in [4.78, 5) is 13.1. The number of para-hydroxylation sites is 1. The number of nitrogens with zero attached hydrogens (tertiary/aromatic N) is 1. The van der Waals surface area contributed by atoms with Gasteiger partial charge in [-0.2, -0.15) is 0 Å². The van der Waals surface area contributed by atoms with E-state index in [9.17, 15) is 4.79 Å². The summed E-state index contributed by atoms with van der Waals surface area (Å²) in [5.74, 6) is -0.149. The van der Waals surface area contributed by atoms with Gasteiger partial charge in [0, 0.05) is 12.1 Å². The number of carboxylic acid groups (broad SMARTS) is 1. The third kappa shape index (κ3) is 5.75. The average molecular weight is 265 g/mol. The quantitative estimate of drug-likeness (QED) is 0.697. The number of ether oxygens (including phenoxy) is 1. The molecule has 0 spiro atoms. The summed E-state index contributed by atoms with van der Waals surface area (Å²) in [6.45, 7) is 8.01.